The van der Waals surface area contributed by atoms with Crippen LogP contribution in [-0.4, -0.2) is 33.6 Å². The van der Waals surface area contributed by atoms with Gasteiger partial charge in [-0.25, -0.2) is 14.2 Å². The molecule has 1 rings (SSSR count). The molecule has 0 saturated heterocycles. The van der Waals surface area contributed by atoms with Gasteiger partial charge in [-0.1, -0.05) is 0 Å². The van der Waals surface area contributed by atoms with E-state index in [1.807, 2.05) is 0 Å². The highest BCUT2D eigenvalue weighted by Gasteiger charge is 2.15. The van der Waals surface area contributed by atoms with Crippen molar-refractivity contribution in [3.05, 3.63) is 32.9 Å². The summed E-state index contributed by atoms with van der Waals surface area (Å²) in [5, 5.41) is 0. The fourth-order valence-corrected chi connectivity index (χ4v) is 1.24. The summed E-state index contributed by atoms with van der Waals surface area (Å²) in [7, 11) is 0. The van der Waals surface area contributed by atoms with Gasteiger partial charge in [0.25, 0.3) is 5.56 Å². The monoisotopic (exact) mass is 229 g/mol. The summed E-state index contributed by atoms with van der Waals surface area (Å²) in [5.74, 6) is -1.17. The van der Waals surface area contributed by atoms with Gasteiger partial charge in [-0.15, -0.1) is 0 Å². The number of carbonyl (C=O) groups excluding carboxylic acids is 1. The van der Waals surface area contributed by atoms with E-state index in [1.165, 1.54) is 4.90 Å². The fraction of sp³-hybridized carbons (Fsp3) is 0.444. The molecule has 0 radical (unpaired) electrons. The molecule has 0 bridgehead atoms. The molecule has 0 fully saturated rings. The van der Waals surface area contributed by atoms with Gasteiger partial charge < -0.3 is 4.90 Å². The molecule has 6 nitrogen and oxygen atoms in total. The number of hydrogen-bond donors (Lipinski definition) is 1. The van der Waals surface area contributed by atoms with Crippen molar-refractivity contribution in [2.75, 3.05) is 13.1 Å². The molecule has 0 aliphatic heterocycles. The first-order chi connectivity index (χ1) is 7.51. The summed E-state index contributed by atoms with van der Waals surface area (Å²) in [4.78, 5) is 36.8. The van der Waals surface area contributed by atoms with Crippen LogP contribution in [0.3, 0.4) is 0 Å². The Morgan fingerprint density at radius 1 is 1.44 bits per heavy atom. The molecular weight excluding hydrogens is 217 g/mol. The van der Waals surface area contributed by atoms with E-state index >= 15 is 0 Å². The number of halogens is 1. The van der Waals surface area contributed by atoms with Crippen molar-refractivity contribution in [3.8, 4) is 0 Å². The lowest BCUT2D eigenvalue weighted by molar-refractivity contribution is 0.203. The molecule has 1 aromatic rings. The van der Waals surface area contributed by atoms with Gasteiger partial charge in [0.2, 0.25) is 5.82 Å². The van der Waals surface area contributed by atoms with Crippen molar-refractivity contribution in [1.29, 1.82) is 0 Å². The number of aromatic amines is 1. The van der Waals surface area contributed by atoms with Gasteiger partial charge in [0.15, 0.2) is 0 Å². The Morgan fingerprint density at radius 3 is 2.50 bits per heavy atom. The average molecular weight is 229 g/mol. The molecule has 0 atom stereocenters. The number of H-pyrrole nitrogens is 1. The SMILES string of the molecule is CCN(CC)C(=O)n1cc(F)c(=O)[nH]c1=O. The molecular formula is C9H12FN3O3. The van der Waals surface area contributed by atoms with E-state index in [4.69, 9.17) is 0 Å². The maximum atomic E-state index is 12.9. The van der Waals surface area contributed by atoms with Crippen LogP contribution in [0.2, 0.25) is 0 Å². The smallest absolute Gasteiger partial charge is 0.325 e. The van der Waals surface area contributed by atoms with Crippen molar-refractivity contribution < 1.29 is 9.18 Å². The number of amides is 1. The van der Waals surface area contributed by atoms with Gasteiger partial charge in [0.05, 0.1) is 6.20 Å². The molecule has 1 amide bonds. The van der Waals surface area contributed by atoms with E-state index in [0.29, 0.717) is 23.9 Å². The maximum absolute atomic E-state index is 12.9. The van der Waals surface area contributed by atoms with Crippen LogP contribution in [0, 0.1) is 5.82 Å². The molecule has 16 heavy (non-hydrogen) atoms. The number of nitrogens with zero attached hydrogens (tertiary/aromatic N) is 2. The molecule has 1 N–H and O–H groups in total. The standard InChI is InChI=1S/C9H12FN3O3/c1-3-12(4-2)9(16)13-5-6(10)7(14)11-8(13)15/h5H,3-4H2,1-2H3,(H,11,14,15). The van der Waals surface area contributed by atoms with E-state index in [2.05, 4.69) is 0 Å². The van der Waals surface area contributed by atoms with Crippen LogP contribution < -0.4 is 11.2 Å². The third-order valence-corrected chi connectivity index (χ3v) is 2.14. The molecule has 0 spiro atoms. The summed E-state index contributed by atoms with van der Waals surface area (Å²) in [6.45, 7) is 4.24. The van der Waals surface area contributed by atoms with Crippen molar-refractivity contribution in [2.24, 2.45) is 0 Å². The summed E-state index contributed by atoms with van der Waals surface area (Å²) >= 11 is 0. The number of hydrogen-bond acceptors (Lipinski definition) is 3. The number of rotatable bonds is 2. The van der Waals surface area contributed by atoms with Gasteiger partial charge >= 0.3 is 11.7 Å². The molecule has 0 unspecified atom stereocenters. The summed E-state index contributed by atoms with van der Waals surface area (Å²) < 4.78 is 13.5. The van der Waals surface area contributed by atoms with E-state index in [1.54, 1.807) is 18.8 Å². The summed E-state index contributed by atoms with van der Waals surface area (Å²) in [6, 6.07) is -0.662. The van der Waals surface area contributed by atoms with Crippen molar-refractivity contribution in [2.45, 2.75) is 13.8 Å². The van der Waals surface area contributed by atoms with E-state index in [0.717, 1.165) is 0 Å². The highest BCUT2D eigenvalue weighted by atomic mass is 19.1. The van der Waals surface area contributed by atoms with Crippen LogP contribution in [0.5, 0.6) is 0 Å². The zero-order valence-electron chi connectivity index (χ0n) is 8.99. The molecule has 0 aromatic carbocycles. The van der Waals surface area contributed by atoms with E-state index < -0.39 is 23.1 Å². The van der Waals surface area contributed by atoms with Gasteiger partial charge in [-0.2, -0.15) is 4.39 Å². The highest BCUT2D eigenvalue weighted by molar-refractivity contribution is 5.76. The Morgan fingerprint density at radius 2 is 2.00 bits per heavy atom. The second-order valence-corrected chi connectivity index (χ2v) is 3.06. The first-order valence-electron chi connectivity index (χ1n) is 4.82. The molecule has 88 valence electrons. The molecule has 0 saturated carbocycles. The first-order valence-corrected chi connectivity index (χ1v) is 4.82. The second-order valence-electron chi connectivity index (χ2n) is 3.06. The Balaban J connectivity index is 3.24. The number of nitrogens with one attached hydrogen (secondary N) is 1. The minimum atomic E-state index is -1.17. The highest BCUT2D eigenvalue weighted by Crippen LogP contribution is 1.93. The molecule has 0 aliphatic carbocycles. The fourth-order valence-electron chi connectivity index (χ4n) is 1.24. The van der Waals surface area contributed by atoms with Crippen LogP contribution in [-0.2, 0) is 0 Å². The zero-order valence-corrected chi connectivity index (χ0v) is 8.99. The van der Waals surface area contributed by atoms with Crippen LogP contribution in [0.15, 0.2) is 15.8 Å². The quantitative estimate of drug-likeness (QED) is 0.774. The lowest BCUT2D eigenvalue weighted by Gasteiger charge is -2.18. The Labute approximate surface area is 90.3 Å². The van der Waals surface area contributed by atoms with Crippen molar-refractivity contribution in [1.82, 2.24) is 14.5 Å². The minimum Gasteiger partial charge on any atom is -0.325 e. The number of aromatic nitrogens is 2. The predicted molar refractivity (Wildman–Crippen MR) is 55.0 cm³/mol. The van der Waals surface area contributed by atoms with Crippen molar-refractivity contribution in [3.63, 3.8) is 0 Å². The van der Waals surface area contributed by atoms with Crippen LogP contribution in [0.4, 0.5) is 9.18 Å². The average Bonchev–Trinajstić information content (AvgIpc) is 2.25. The second kappa shape index (κ2) is 4.73. The lowest BCUT2D eigenvalue weighted by Crippen LogP contribution is -2.42. The molecule has 1 heterocycles. The van der Waals surface area contributed by atoms with Gasteiger partial charge in [0.1, 0.15) is 0 Å². The lowest BCUT2D eigenvalue weighted by atomic mass is 10.5. The first kappa shape index (κ1) is 12.2. The normalized spacial score (nSPS) is 10.2. The summed E-state index contributed by atoms with van der Waals surface area (Å²) in [5.41, 5.74) is -2.07. The minimum absolute atomic E-state index is 0.391. The number of carbonyl (C=O) groups is 1. The van der Waals surface area contributed by atoms with Gasteiger partial charge in [0, 0.05) is 13.1 Å². The largest absolute Gasteiger partial charge is 0.336 e. The maximum Gasteiger partial charge on any atom is 0.336 e. The van der Waals surface area contributed by atoms with Crippen LogP contribution in [0.25, 0.3) is 0 Å². The van der Waals surface area contributed by atoms with E-state index in [9.17, 15) is 18.8 Å². The molecule has 7 heteroatoms. The third-order valence-electron chi connectivity index (χ3n) is 2.14. The third kappa shape index (κ3) is 2.18. The summed E-state index contributed by atoms with van der Waals surface area (Å²) in [6.07, 6.45) is 0.599. The van der Waals surface area contributed by atoms with Gasteiger partial charge in [-0.05, 0) is 13.8 Å². The zero-order chi connectivity index (χ0) is 12.3. The van der Waals surface area contributed by atoms with Crippen LogP contribution >= 0.6 is 0 Å². The Hall–Kier alpha value is -1.92. The topological polar surface area (TPSA) is 75.2 Å². The molecule has 0 aliphatic rings. The Bertz CT molecular complexity index is 501. The molecule has 1 aromatic heterocycles. The van der Waals surface area contributed by atoms with Gasteiger partial charge in [-0.3, -0.25) is 9.78 Å². The van der Waals surface area contributed by atoms with Crippen LogP contribution in [0.1, 0.15) is 13.8 Å². The van der Waals surface area contributed by atoms with Crippen molar-refractivity contribution >= 4 is 6.03 Å². The Kier molecular flexibility index (Phi) is 3.60. The van der Waals surface area contributed by atoms with E-state index in [-0.39, 0.29) is 0 Å². The predicted octanol–water partition coefficient (Wildman–Crippen LogP) is -0.0144.